The molecule has 7 aromatic carbocycles. The lowest BCUT2D eigenvalue weighted by Gasteiger charge is -2.13. The monoisotopic (exact) mass is 668 g/mol. The largest absolute Gasteiger partial charge is 0.309 e. The molecule has 11 rings (SSSR count). The molecule has 4 aromatic heterocycles. The molecule has 0 fully saturated rings. The highest BCUT2D eigenvalue weighted by molar-refractivity contribution is 7.25. The van der Waals surface area contributed by atoms with Crippen molar-refractivity contribution in [3.05, 3.63) is 170 Å². The van der Waals surface area contributed by atoms with Crippen molar-refractivity contribution >= 4 is 75.1 Å². The maximum absolute atomic E-state index is 5.40. The van der Waals surface area contributed by atoms with Gasteiger partial charge in [0, 0.05) is 64.6 Å². The Morgan fingerprint density at radius 3 is 1.75 bits per heavy atom. The van der Waals surface area contributed by atoms with Crippen molar-refractivity contribution < 1.29 is 0 Å². The fraction of sp³-hybridized carbons (Fsp3) is 0. The summed E-state index contributed by atoms with van der Waals surface area (Å²) < 4.78 is 7.26. The molecule has 0 amide bonds. The first-order valence-corrected chi connectivity index (χ1v) is 18.0. The summed E-state index contributed by atoms with van der Waals surface area (Å²) in [5.74, 6) is 1.54. The lowest BCUT2D eigenvalue weighted by molar-refractivity contribution is 1.05. The molecule has 0 aliphatic rings. The van der Waals surface area contributed by atoms with Crippen molar-refractivity contribution in [3.8, 4) is 34.2 Å². The van der Waals surface area contributed by atoms with Crippen molar-refractivity contribution in [2.24, 2.45) is 0 Å². The second kappa shape index (κ2) is 11.0. The van der Waals surface area contributed by atoms with Gasteiger partial charge < -0.3 is 4.57 Å². The van der Waals surface area contributed by atoms with E-state index in [-0.39, 0.29) is 0 Å². The van der Waals surface area contributed by atoms with E-state index in [0.717, 1.165) is 44.9 Å². The predicted molar refractivity (Wildman–Crippen MR) is 214 cm³/mol. The number of rotatable bonds is 4. The summed E-state index contributed by atoms with van der Waals surface area (Å²) in [4.78, 5) is 10.6. The predicted octanol–water partition coefficient (Wildman–Crippen LogP) is 12.4. The van der Waals surface area contributed by atoms with Gasteiger partial charge in [0.15, 0.2) is 5.82 Å². The van der Waals surface area contributed by atoms with Gasteiger partial charge in [-0.3, -0.25) is 4.57 Å². The van der Waals surface area contributed by atoms with Crippen LogP contribution in [0.15, 0.2) is 170 Å². The number of benzene rings is 7. The van der Waals surface area contributed by atoms with Crippen LogP contribution in [0.25, 0.3) is 97.9 Å². The molecule has 0 radical (unpaired) electrons. The smallest absolute Gasteiger partial charge is 0.162 e. The first-order valence-electron chi connectivity index (χ1n) is 17.2. The zero-order valence-corrected chi connectivity index (χ0v) is 28.2. The molecule has 0 aliphatic carbocycles. The number of nitrogens with zero attached hydrogens (tertiary/aromatic N) is 4. The Hall–Kier alpha value is -6.56. The van der Waals surface area contributed by atoms with Crippen molar-refractivity contribution in [3.63, 3.8) is 0 Å². The molecule has 0 N–H and O–H groups in total. The third-order valence-corrected chi connectivity index (χ3v) is 11.3. The van der Waals surface area contributed by atoms with Gasteiger partial charge in [-0.15, -0.1) is 11.3 Å². The molecule has 4 nitrogen and oxygen atoms in total. The second-order valence-corrected chi connectivity index (χ2v) is 14.1. The van der Waals surface area contributed by atoms with E-state index < -0.39 is 0 Å². The van der Waals surface area contributed by atoms with Crippen LogP contribution in [0.2, 0.25) is 0 Å². The van der Waals surface area contributed by atoms with Crippen LogP contribution in [0, 0.1) is 0 Å². The number of thiophene rings is 1. The van der Waals surface area contributed by atoms with E-state index in [1.54, 1.807) is 0 Å². The van der Waals surface area contributed by atoms with Crippen LogP contribution >= 0.6 is 11.3 Å². The highest BCUT2D eigenvalue weighted by atomic mass is 32.1. The van der Waals surface area contributed by atoms with Crippen molar-refractivity contribution in [2.75, 3.05) is 0 Å². The Kier molecular flexibility index (Phi) is 6.09. The number of fused-ring (bicyclic) bond motifs is 9. The molecule has 0 saturated carbocycles. The summed E-state index contributed by atoms with van der Waals surface area (Å²) in [7, 11) is 0. The van der Waals surface area contributed by atoms with Crippen LogP contribution in [0.1, 0.15) is 0 Å². The number of aromatic nitrogens is 4. The molecule has 0 unspecified atom stereocenters. The summed E-state index contributed by atoms with van der Waals surface area (Å²) in [6, 6.07) is 60.6. The van der Waals surface area contributed by atoms with Crippen LogP contribution < -0.4 is 0 Å². The van der Waals surface area contributed by atoms with Gasteiger partial charge in [-0.2, -0.15) is 0 Å². The van der Waals surface area contributed by atoms with E-state index in [4.69, 9.17) is 9.97 Å². The lowest BCUT2D eigenvalue weighted by Crippen LogP contribution is -2.02. The normalized spacial score (nSPS) is 11.9. The highest BCUT2D eigenvalue weighted by Crippen LogP contribution is 2.41. The molecule has 4 heterocycles. The van der Waals surface area contributed by atoms with E-state index in [0.29, 0.717) is 5.82 Å². The Bertz CT molecular complexity index is 3130. The van der Waals surface area contributed by atoms with Crippen LogP contribution in [0.3, 0.4) is 0 Å². The molecule has 51 heavy (non-hydrogen) atoms. The van der Waals surface area contributed by atoms with Gasteiger partial charge >= 0.3 is 0 Å². The quantitative estimate of drug-likeness (QED) is 0.187. The summed E-state index contributed by atoms with van der Waals surface area (Å²) in [5, 5.41) is 7.35. The second-order valence-electron chi connectivity index (χ2n) is 13.0. The number of hydrogen-bond acceptors (Lipinski definition) is 3. The van der Waals surface area contributed by atoms with Gasteiger partial charge in [-0.05, 0) is 60.7 Å². The van der Waals surface area contributed by atoms with E-state index >= 15 is 0 Å². The van der Waals surface area contributed by atoms with Crippen molar-refractivity contribution in [1.82, 2.24) is 19.1 Å². The van der Waals surface area contributed by atoms with E-state index in [1.165, 1.54) is 47.2 Å². The van der Waals surface area contributed by atoms with Gasteiger partial charge in [0.05, 0.1) is 27.8 Å². The van der Waals surface area contributed by atoms with Crippen molar-refractivity contribution in [2.45, 2.75) is 0 Å². The fourth-order valence-electron chi connectivity index (χ4n) is 7.83. The third kappa shape index (κ3) is 4.32. The van der Waals surface area contributed by atoms with Crippen LogP contribution in [-0.2, 0) is 0 Å². The minimum Gasteiger partial charge on any atom is -0.309 e. The molecule has 5 heteroatoms. The molecule has 0 aliphatic heterocycles. The molecule has 0 spiro atoms. The maximum Gasteiger partial charge on any atom is 0.162 e. The molecule has 0 bridgehead atoms. The first kappa shape index (κ1) is 28.3. The minimum atomic E-state index is 0.703. The third-order valence-electron chi connectivity index (χ3n) is 10.1. The number of hydrogen-bond donors (Lipinski definition) is 0. The molecule has 0 atom stereocenters. The zero-order chi connectivity index (χ0) is 33.5. The Morgan fingerprint density at radius 1 is 0.373 bits per heavy atom. The van der Waals surface area contributed by atoms with Gasteiger partial charge in [0.2, 0.25) is 0 Å². The van der Waals surface area contributed by atoms with E-state index in [9.17, 15) is 0 Å². The van der Waals surface area contributed by atoms with Gasteiger partial charge in [-0.1, -0.05) is 103 Å². The standard InChI is InChI=1S/C46H28N4S/c1-3-13-29(14-4-1)38-27-45(48-46(47-38)30-23-24-44-37(25-30)34-19-9-12-22-43(34)51-44)50-40-21-11-8-18-33(40)36-26-35-32-17-7-10-20-39(32)49(41(35)28-42(36)50)31-15-5-2-6-16-31/h1-28H. The Morgan fingerprint density at radius 2 is 0.980 bits per heavy atom. The molecular weight excluding hydrogens is 641 g/mol. The van der Waals surface area contributed by atoms with Crippen molar-refractivity contribution in [1.29, 1.82) is 0 Å². The first-order chi connectivity index (χ1) is 25.3. The fourth-order valence-corrected chi connectivity index (χ4v) is 8.92. The highest BCUT2D eigenvalue weighted by Gasteiger charge is 2.20. The Labute approximate surface area is 297 Å². The van der Waals surface area contributed by atoms with Crippen LogP contribution in [-0.4, -0.2) is 19.1 Å². The zero-order valence-electron chi connectivity index (χ0n) is 27.4. The molecular formula is C46H28N4S. The summed E-state index contributed by atoms with van der Waals surface area (Å²) in [6.07, 6.45) is 0. The topological polar surface area (TPSA) is 35.6 Å². The van der Waals surface area contributed by atoms with Crippen LogP contribution in [0.5, 0.6) is 0 Å². The number of para-hydroxylation sites is 3. The maximum atomic E-state index is 5.40. The average Bonchev–Trinajstić information content (AvgIpc) is 3.84. The molecule has 11 aromatic rings. The van der Waals surface area contributed by atoms with Gasteiger partial charge in [0.25, 0.3) is 0 Å². The SMILES string of the molecule is c1ccc(-c2cc(-n3c4ccccc4c4cc5c6ccccc6n(-c6ccccc6)c5cc43)nc(-c3ccc4sc5ccccc5c4c3)n2)cc1. The average molecular weight is 669 g/mol. The Balaban J connectivity index is 1.23. The summed E-state index contributed by atoms with van der Waals surface area (Å²) >= 11 is 1.82. The van der Waals surface area contributed by atoms with Gasteiger partial charge in [-0.25, -0.2) is 9.97 Å². The lowest BCUT2D eigenvalue weighted by atomic mass is 10.1. The summed E-state index contributed by atoms with van der Waals surface area (Å²) in [6.45, 7) is 0. The van der Waals surface area contributed by atoms with Crippen LogP contribution in [0.4, 0.5) is 0 Å². The molecule has 0 saturated heterocycles. The minimum absolute atomic E-state index is 0.703. The van der Waals surface area contributed by atoms with E-state index in [1.807, 2.05) is 17.4 Å². The van der Waals surface area contributed by atoms with E-state index in [2.05, 4.69) is 173 Å². The summed E-state index contributed by atoms with van der Waals surface area (Å²) in [5.41, 5.74) is 8.63. The molecule has 238 valence electrons. The van der Waals surface area contributed by atoms with Gasteiger partial charge in [0.1, 0.15) is 5.82 Å².